The third-order valence-corrected chi connectivity index (χ3v) is 1.52. The van der Waals surface area contributed by atoms with Crippen LogP contribution in [0.4, 0.5) is 13.2 Å². The number of carboxylic acid groups (broad SMARTS) is 1. The van der Waals surface area contributed by atoms with E-state index in [0.29, 0.717) is 0 Å². The first-order chi connectivity index (χ1) is 8.56. The molecule has 0 spiro atoms. The summed E-state index contributed by atoms with van der Waals surface area (Å²) in [6.07, 6.45) is -2.11. The van der Waals surface area contributed by atoms with Gasteiger partial charge in [-0.3, -0.25) is 9.59 Å². The van der Waals surface area contributed by atoms with Crippen molar-refractivity contribution in [3.8, 4) is 0 Å². The van der Waals surface area contributed by atoms with Crippen LogP contribution < -0.4 is 5.73 Å². The quantitative estimate of drug-likeness (QED) is 0.580. The summed E-state index contributed by atoms with van der Waals surface area (Å²) in [6.45, 7) is 1.72. The lowest BCUT2D eigenvalue weighted by molar-refractivity contribution is -0.192. The lowest BCUT2D eigenvalue weighted by atomic mass is 10.1. The van der Waals surface area contributed by atoms with Gasteiger partial charge in [-0.05, 0) is 13.0 Å². The summed E-state index contributed by atoms with van der Waals surface area (Å²) in [6, 6.07) is -0.848. The van der Waals surface area contributed by atoms with Crippen LogP contribution in [0.1, 0.15) is 13.3 Å². The first-order valence-corrected chi connectivity index (χ1v) is 4.85. The molecule has 0 aromatic rings. The smallest absolute Gasteiger partial charge is 0.475 e. The maximum absolute atomic E-state index is 10.9. The Morgan fingerprint density at radius 3 is 2.05 bits per heavy atom. The van der Waals surface area contributed by atoms with Gasteiger partial charge in [0.15, 0.2) is 5.78 Å². The van der Waals surface area contributed by atoms with Gasteiger partial charge in [-0.1, -0.05) is 6.08 Å². The lowest BCUT2D eigenvalue weighted by Crippen LogP contribution is -2.33. The molecule has 0 amide bonds. The molecule has 0 bridgehead atoms. The number of methoxy groups -OCH3 is 1. The number of aliphatic carboxylic acids is 1. The van der Waals surface area contributed by atoms with Crippen LogP contribution in [-0.4, -0.2) is 42.2 Å². The monoisotopic (exact) mass is 285 g/mol. The number of rotatable bonds is 4. The van der Waals surface area contributed by atoms with Gasteiger partial charge >= 0.3 is 18.1 Å². The fourth-order valence-electron chi connectivity index (χ4n) is 0.705. The van der Waals surface area contributed by atoms with Crippen LogP contribution in [0.15, 0.2) is 12.2 Å². The van der Waals surface area contributed by atoms with Crippen molar-refractivity contribution in [1.29, 1.82) is 0 Å². The fourth-order valence-corrected chi connectivity index (χ4v) is 0.705. The van der Waals surface area contributed by atoms with E-state index in [1.165, 1.54) is 13.2 Å². The number of carbonyl (C=O) groups excluding carboxylic acids is 2. The summed E-state index contributed by atoms with van der Waals surface area (Å²) < 4.78 is 36.1. The van der Waals surface area contributed by atoms with Crippen LogP contribution in [0.5, 0.6) is 0 Å². The fraction of sp³-hybridized carbons (Fsp3) is 0.500. The molecule has 6 nitrogen and oxygen atoms in total. The molecular formula is C10H14F3NO5. The van der Waals surface area contributed by atoms with E-state index in [9.17, 15) is 22.8 Å². The van der Waals surface area contributed by atoms with Crippen LogP contribution in [0.3, 0.4) is 0 Å². The van der Waals surface area contributed by atoms with Crippen LogP contribution in [0, 0.1) is 0 Å². The number of allylic oxidation sites excluding steroid dienone is 2. The van der Waals surface area contributed by atoms with Crippen molar-refractivity contribution in [3.63, 3.8) is 0 Å². The van der Waals surface area contributed by atoms with Gasteiger partial charge in [0.05, 0.1) is 7.11 Å². The van der Waals surface area contributed by atoms with Crippen molar-refractivity contribution in [2.75, 3.05) is 7.11 Å². The van der Waals surface area contributed by atoms with E-state index in [-0.39, 0.29) is 12.2 Å². The molecule has 0 radical (unpaired) electrons. The van der Waals surface area contributed by atoms with E-state index in [2.05, 4.69) is 4.74 Å². The van der Waals surface area contributed by atoms with Crippen molar-refractivity contribution in [2.24, 2.45) is 5.73 Å². The van der Waals surface area contributed by atoms with Crippen LogP contribution in [0.25, 0.3) is 0 Å². The molecule has 0 aromatic carbocycles. The Hall–Kier alpha value is -1.90. The third kappa shape index (κ3) is 10.9. The Morgan fingerprint density at radius 2 is 1.79 bits per heavy atom. The summed E-state index contributed by atoms with van der Waals surface area (Å²) in [7, 11) is 1.24. The van der Waals surface area contributed by atoms with Crippen molar-refractivity contribution in [3.05, 3.63) is 12.2 Å². The van der Waals surface area contributed by atoms with Gasteiger partial charge in [0.2, 0.25) is 0 Å². The molecule has 0 heterocycles. The third-order valence-electron chi connectivity index (χ3n) is 1.52. The van der Waals surface area contributed by atoms with Crippen molar-refractivity contribution < 1.29 is 37.4 Å². The molecule has 3 N–H and O–H groups in total. The van der Waals surface area contributed by atoms with E-state index < -0.39 is 24.2 Å². The Labute approximate surface area is 107 Å². The average Bonchev–Trinajstić information content (AvgIpc) is 2.27. The highest BCUT2D eigenvalue weighted by molar-refractivity contribution is 5.93. The minimum absolute atomic E-state index is 0.00296. The number of esters is 1. The molecule has 0 saturated carbocycles. The molecule has 19 heavy (non-hydrogen) atoms. The summed E-state index contributed by atoms with van der Waals surface area (Å²) in [4.78, 5) is 30.5. The predicted octanol–water partition coefficient (Wildman–Crippen LogP) is 0.655. The Morgan fingerprint density at radius 1 is 1.37 bits per heavy atom. The average molecular weight is 285 g/mol. The van der Waals surface area contributed by atoms with Gasteiger partial charge in [0.25, 0.3) is 0 Å². The van der Waals surface area contributed by atoms with E-state index in [1.807, 2.05) is 0 Å². The number of halogens is 3. The zero-order valence-electron chi connectivity index (χ0n) is 10.2. The minimum atomic E-state index is -5.08. The zero-order valence-corrected chi connectivity index (χ0v) is 10.2. The molecule has 0 aliphatic carbocycles. The van der Waals surface area contributed by atoms with Crippen molar-refractivity contribution in [2.45, 2.75) is 25.6 Å². The van der Waals surface area contributed by atoms with Gasteiger partial charge in [-0.15, -0.1) is 0 Å². The van der Waals surface area contributed by atoms with Gasteiger partial charge in [0.1, 0.15) is 6.04 Å². The first-order valence-electron chi connectivity index (χ1n) is 4.85. The van der Waals surface area contributed by atoms with E-state index in [1.54, 1.807) is 13.0 Å². The standard InChI is InChI=1S/C8H13NO3.C2HF3O2/c1-3-4-6(10)5-7(9)8(11)12-2;3-2(4,5)1(6)7/h3-4,7H,5,9H2,1-2H3;(H,6,7)/b4-3+;/t7-;/m0./s1. The van der Waals surface area contributed by atoms with Crippen molar-refractivity contribution in [1.82, 2.24) is 0 Å². The largest absolute Gasteiger partial charge is 0.490 e. The molecule has 0 aromatic heterocycles. The number of hydrogen-bond donors (Lipinski definition) is 2. The first kappa shape index (κ1) is 19.4. The normalized spacial score (nSPS) is 12.3. The number of nitrogens with two attached hydrogens (primary N) is 1. The summed E-state index contributed by atoms with van der Waals surface area (Å²) in [5.41, 5.74) is 5.33. The molecule has 110 valence electrons. The summed E-state index contributed by atoms with van der Waals surface area (Å²) >= 11 is 0. The Kier molecular flexibility index (Phi) is 9.30. The highest BCUT2D eigenvalue weighted by Crippen LogP contribution is 2.13. The molecule has 0 rings (SSSR count). The summed E-state index contributed by atoms with van der Waals surface area (Å²) in [5.74, 6) is -3.49. The molecule has 1 atom stereocenters. The Bertz CT molecular complexity index is 352. The predicted molar refractivity (Wildman–Crippen MR) is 58.1 cm³/mol. The van der Waals surface area contributed by atoms with Gasteiger partial charge < -0.3 is 15.6 Å². The van der Waals surface area contributed by atoms with Gasteiger partial charge in [-0.25, -0.2) is 4.79 Å². The SMILES string of the molecule is C/C=C/C(=O)C[C@H](N)C(=O)OC.O=C(O)C(F)(F)F. The molecule has 0 unspecified atom stereocenters. The number of carbonyl (C=O) groups is 3. The zero-order chi connectivity index (χ0) is 15.6. The number of alkyl halides is 3. The minimum Gasteiger partial charge on any atom is -0.475 e. The lowest BCUT2D eigenvalue weighted by Gasteiger charge is -2.05. The highest BCUT2D eigenvalue weighted by atomic mass is 19.4. The van der Waals surface area contributed by atoms with Crippen LogP contribution in [-0.2, 0) is 19.1 Å². The van der Waals surface area contributed by atoms with E-state index in [4.69, 9.17) is 15.6 Å². The molecular weight excluding hydrogens is 271 g/mol. The number of carboxylic acids is 1. The number of ketones is 1. The van der Waals surface area contributed by atoms with E-state index in [0.717, 1.165) is 0 Å². The molecule has 0 saturated heterocycles. The van der Waals surface area contributed by atoms with E-state index >= 15 is 0 Å². The molecule has 0 aliphatic rings. The summed E-state index contributed by atoms with van der Waals surface area (Å²) in [5, 5.41) is 7.12. The molecule has 0 aliphatic heterocycles. The van der Waals surface area contributed by atoms with Crippen LogP contribution >= 0.6 is 0 Å². The Balaban J connectivity index is 0. The topological polar surface area (TPSA) is 107 Å². The van der Waals surface area contributed by atoms with Crippen molar-refractivity contribution >= 4 is 17.7 Å². The molecule has 0 fully saturated rings. The van der Waals surface area contributed by atoms with Gasteiger partial charge in [-0.2, -0.15) is 13.2 Å². The number of hydrogen-bond acceptors (Lipinski definition) is 5. The van der Waals surface area contributed by atoms with Crippen LogP contribution in [0.2, 0.25) is 0 Å². The maximum Gasteiger partial charge on any atom is 0.490 e. The maximum atomic E-state index is 10.9. The second kappa shape index (κ2) is 9.09. The highest BCUT2D eigenvalue weighted by Gasteiger charge is 2.38. The van der Waals surface area contributed by atoms with Gasteiger partial charge in [0, 0.05) is 6.42 Å². The number of ether oxygens (including phenoxy) is 1. The second-order valence-corrected chi connectivity index (χ2v) is 3.10. The second-order valence-electron chi connectivity index (χ2n) is 3.10. The molecule has 9 heteroatoms.